The van der Waals surface area contributed by atoms with E-state index in [0.29, 0.717) is 0 Å². The van der Waals surface area contributed by atoms with E-state index >= 15 is 0 Å². The molecule has 5 heteroatoms. The molecule has 0 unspecified atom stereocenters. The zero-order valence-electron chi connectivity index (χ0n) is 10.5. The number of carbonyl (C=O) groups is 1. The number of nitrogens with zero attached hydrogens (tertiary/aromatic N) is 1. The summed E-state index contributed by atoms with van der Waals surface area (Å²) in [4.78, 5) is 15.1. The molecule has 1 aliphatic heterocycles. The van der Waals surface area contributed by atoms with Gasteiger partial charge in [0.05, 0.1) is 4.88 Å². The number of fused-ring (bicyclic) bond motifs is 1. The molecule has 1 amide bonds. The van der Waals surface area contributed by atoms with Gasteiger partial charge in [-0.25, -0.2) is 0 Å². The third-order valence-corrected chi connectivity index (χ3v) is 4.57. The molecule has 0 aliphatic carbocycles. The van der Waals surface area contributed by atoms with E-state index in [2.05, 4.69) is 12.1 Å². The van der Waals surface area contributed by atoms with Gasteiger partial charge < -0.3 is 10.6 Å². The van der Waals surface area contributed by atoms with Gasteiger partial charge in [0, 0.05) is 23.8 Å². The number of hydrogen-bond acceptors (Lipinski definition) is 3. The highest BCUT2D eigenvalue weighted by atomic mass is 35.5. The summed E-state index contributed by atoms with van der Waals surface area (Å²) in [6.07, 6.45) is 1.83. The Balaban J connectivity index is 0.00000133. The summed E-state index contributed by atoms with van der Waals surface area (Å²) in [5.74, 6) is 0.156. The Kier molecular flexibility index (Phi) is 4.45. The second-order valence-electron chi connectivity index (χ2n) is 4.78. The van der Waals surface area contributed by atoms with Gasteiger partial charge in [-0.2, -0.15) is 0 Å². The lowest BCUT2D eigenvalue weighted by Crippen LogP contribution is -2.42. The number of likely N-dealkylation sites (tertiary alicyclic amines) is 1. The van der Waals surface area contributed by atoms with E-state index in [1.165, 1.54) is 4.70 Å². The molecule has 0 spiro atoms. The van der Waals surface area contributed by atoms with E-state index in [1.54, 1.807) is 11.3 Å². The third kappa shape index (κ3) is 2.91. The highest BCUT2D eigenvalue weighted by molar-refractivity contribution is 7.20. The molecule has 1 aliphatic rings. The van der Waals surface area contributed by atoms with Crippen molar-refractivity contribution in [2.24, 2.45) is 5.73 Å². The molecule has 1 aromatic heterocycles. The van der Waals surface area contributed by atoms with Crippen molar-refractivity contribution >= 4 is 39.7 Å². The number of amides is 1. The Labute approximate surface area is 122 Å². The van der Waals surface area contributed by atoms with Crippen LogP contribution in [0.3, 0.4) is 0 Å². The fourth-order valence-corrected chi connectivity index (χ4v) is 3.38. The quantitative estimate of drug-likeness (QED) is 0.879. The monoisotopic (exact) mass is 296 g/mol. The molecule has 102 valence electrons. The fraction of sp³-hybridized carbons (Fsp3) is 0.357. The molecule has 2 heterocycles. The van der Waals surface area contributed by atoms with E-state index in [1.807, 2.05) is 23.1 Å². The van der Waals surface area contributed by atoms with Crippen molar-refractivity contribution in [2.45, 2.75) is 18.9 Å². The molecule has 0 saturated carbocycles. The van der Waals surface area contributed by atoms with Crippen molar-refractivity contribution in [2.75, 3.05) is 13.1 Å². The molecule has 0 bridgehead atoms. The molecule has 0 atom stereocenters. The fourth-order valence-electron chi connectivity index (χ4n) is 2.35. The largest absolute Gasteiger partial charge is 0.338 e. The van der Waals surface area contributed by atoms with E-state index < -0.39 is 0 Å². The van der Waals surface area contributed by atoms with E-state index in [9.17, 15) is 4.79 Å². The van der Waals surface area contributed by atoms with Crippen molar-refractivity contribution in [3.8, 4) is 0 Å². The number of halogens is 1. The first-order chi connectivity index (χ1) is 8.74. The molecule has 19 heavy (non-hydrogen) atoms. The van der Waals surface area contributed by atoms with Gasteiger partial charge in [0.15, 0.2) is 0 Å². The summed E-state index contributed by atoms with van der Waals surface area (Å²) < 4.78 is 1.18. The normalized spacial score (nSPS) is 16.4. The second-order valence-corrected chi connectivity index (χ2v) is 5.86. The molecule has 2 N–H and O–H groups in total. The maximum atomic E-state index is 12.4. The summed E-state index contributed by atoms with van der Waals surface area (Å²) in [7, 11) is 0. The molecular weight excluding hydrogens is 280 g/mol. The number of rotatable bonds is 1. The van der Waals surface area contributed by atoms with Crippen LogP contribution in [0.2, 0.25) is 0 Å². The standard InChI is InChI=1S/C14H16N2OS.ClH/c15-11-5-7-16(8-6-11)14(17)13-9-10-3-1-2-4-12(10)18-13;/h1-4,9,11H,5-8,15H2;1H. The van der Waals surface area contributed by atoms with Gasteiger partial charge in [0.1, 0.15) is 0 Å². The first-order valence-corrected chi connectivity index (χ1v) is 7.09. The van der Waals surface area contributed by atoms with Gasteiger partial charge in [-0.15, -0.1) is 23.7 Å². The van der Waals surface area contributed by atoms with Crippen LogP contribution in [-0.4, -0.2) is 29.9 Å². The van der Waals surface area contributed by atoms with Crippen LogP contribution in [0.1, 0.15) is 22.5 Å². The topological polar surface area (TPSA) is 46.3 Å². The first kappa shape index (κ1) is 14.3. The van der Waals surface area contributed by atoms with Gasteiger partial charge in [-0.3, -0.25) is 4.79 Å². The van der Waals surface area contributed by atoms with Crippen molar-refractivity contribution in [1.82, 2.24) is 4.90 Å². The lowest BCUT2D eigenvalue weighted by atomic mass is 10.1. The third-order valence-electron chi connectivity index (χ3n) is 3.46. The number of nitrogens with two attached hydrogens (primary N) is 1. The minimum Gasteiger partial charge on any atom is -0.338 e. The molecule has 3 nitrogen and oxygen atoms in total. The smallest absolute Gasteiger partial charge is 0.263 e. The van der Waals surface area contributed by atoms with Crippen molar-refractivity contribution in [3.63, 3.8) is 0 Å². The summed E-state index contributed by atoms with van der Waals surface area (Å²) in [5, 5.41) is 1.15. The van der Waals surface area contributed by atoms with Gasteiger partial charge >= 0.3 is 0 Å². The molecular formula is C14H17ClN2OS. The molecule has 3 rings (SSSR count). The first-order valence-electron chi connectivity index (χ1n) is 6.27. The van der Waals surface area contributed by atoms with Crippen LogP contribution in [0.5, 0.6) is 0 Å². The van der Waals surface area contributed by atoms with Crippen LogP contribution in [-0.2, 0) is 0 Å². The Hall–Kier alpha value is -1.10. The number of carbonyl (C=O) groups excluding carboxylic acids is 1. The molecule has 1 fully saturated rings. The maximum Gasteiger partial charge on any atom is 0.263 e. The SMILES string of the molecule is Cl.NC1CCN(C(=O)c2cc3ccccc3s2)CC1. The van der Waals surface area contributed by atoms with Crippen LogP contribution < -0.4 is 5.73 Å². The number of thiophene rings is 1. The summed E-state index contributed by atoms with van der Waals surface area (Å²) in [6, 6.07) is 10.4. The Morgan fingerprint density at radius 2 is 1.95 bits per heavy atom. The average Bonchev–Trinajstić information content (AvgIpc) is 2.82. The zero-order chi connectivity index (χ0) is 12.5. The lowest BCUT2D eigenvalue weighted by molar-refractivity contribution is 0.0720. The Morgan fingerprint density at radius 1 is 1.26 bits per heavy atom. The average molecular weight is 297 g/mol. The Morgan fingerprint density at radius 3 is 2.63 bits per heavy atom. The molecule has 2 aromatic rings. The highest BCUT2D eigenvalue weighted by Crippen LogP contribution is 2.27. The van der Waals surface area contributed by atoms with Crippen LogP contribution in [0.4, 0.5) is 0 Å². The van der Waals surface area contributed by atoms with Gasteiger partial charge in [0.2, 0.25) is 0 Å². The molecule has 0 radical (unpaired) electrons. The van der Waals surface area contributed by atoms with Gasteiger partial charge in [0.25, 0.3) is 5.91 Å². The molecule has 1 saturated heterocycles. The summed E-state index contributed by atoms with van der Waals surface area (Å²) in [5.41, 5.74) is 5.86. The van der Waals surface area contributed by atoms with E-state index in [0.717, 1.165) is 36.2 Å². The predicted octanol–water partition coefficient (Wildman–Crippen LogP) is 2.89. The minimum atomic E-state index is 0. The lowest BCUT2D eigenvalue weighted by Gasteiger charge is -2.29. The summed E-state index contributed by atoms with van der Waals surface area (Å²) in [6.45, 7) is 1.57. The molecule has 1 aromatic carbocycles. The van der Waals surface area contributed by atoms with Crippen molar-refractivity contribution in [1.29, 1.82) is 0 Å². The van der Waals surface area contributed by atoms with E-state index in [-0.39, 0.29) is 24.4 Å². The van der Waals surface area contributed by atoms with Crippen LogP contribution in [0, 0.1) is 0 Å². The van der Waals surface area contributed by atoms with E-state index in [4.69, 9.17) is 5.73 Å². The number of hydrogen-bond donors (Lipinski definition) is 1. The van der Waals surface area contributed by atoms with Crippen LogP contribution in [0.15, 0.2) is 30.3 Å². The highest BCUT2D eigenvalue weighted by Gasteiger charge is 2.22. The predicted molar refractivity (Wildman–Crippen MR) is 82.2 cm³/mol. The van der Waals surface area contributed by atoms with Crippen LogP contribution in [0.25, 0.3) is 10.1 Å². The second kappa shape index (κ2) is 5.90. The van der Waals surface area contributed by atoms with Crippen molar-refractivity contribution < 1.29 is 4.79 Å². The van der Waals surface area contributed by atoms with Gasteiger partial charge in [-0.1, -0.05) is 18.2 Å². The summed E-state index contributed by atoms with van der Waals surface area (Å²) >= 11 is 1.58. The van der Waals surface area contributed by atoms with Gasteiger partial charge in [-0.05, 0) is 30.4 Å². The number of piperidine rings is 1. The Bertz CT molecular complexity index is 543. The van der Waals surface area contributed by atoms with Crippen LogP contribution >= 0.6 is 23.7 Å². The number of benzene rings is 1. The zero-order valence-corrected chi connectivity index (χ0v) is 12.2. The van der Waals surface area contributed by atoms with Crippen molar-refractivity contribution in [3.05, 3.63) is 35.2 Å². The minimum absolute atomic E-state index is 0. The maximum absolute atomic E-state index is 12.4.